The fourth-order valence-corrected chi connectivity index (χ4v) is 3.83. The van der Waals surface area contributed by atoms with E-state index >= 15 is 0 Å². The first-order valence-corrected chi connectivity index (χ1v) is 10.3. The van der Waals surface area contributed by atoms with E-state index in [-0.39, 0.29) is 0 Å². The van der Waals surface area contributed by atoms with Gasteiger partial charge in [0.25, 0.3) is 0 Å². The molecule has 1 nitrogen and oxygen atoms in total. The monoisotopic (exact) mass is 477 g/mol. The van der Waals surface area contributed by atoms with Crippen molar-refractivity contribution in [3.05, 3.63) is 99.4 Å². The molecule has 0 aliphatic heterocycles. The van der Waals surface area contributed by atoms with Crippen LogP contribution in [0.1, 0.15) is 5.56 Å². The van der Waals surface area contributed by atoms with Gasteiger partial charge in [0.2, 0.25) is 0 Å². The van der Waals surface area contributed by atoms with E-state index in [0.717, 1.165) is 37.0 Å². The van der Waals surface area contributed by atoms with Crippen LogP contribution in [-0.4, -0.2) is 4.98 Å². The summed E-state index contributed by atoms with van der Waals surface area (Å²) in [6.45, 7) is 2.11. The number of halogens is 2. The van der Waals surface area contributed by atoms with E-state index in [1.54, 1.807) is 0 Å². The maximum Gasteiger partial charge on any atom is 0.0716 e. The highest BCUT2D eigenvalue weighted by Gasteiger charge is 2.09. The molecular formula is C24H17Br2N. The Morgan fingerprint density at radius 3 is 1.56 bits per heavy atom. The Balaban J connectivity index is 1.92. The van der Waals surface area contributed by atoms with Gasteiger partial charge in [-0.3, -0.25) is 0 Å². The fourth-order valence-electron chi connectivity index (χ4n) is 3.03. The number of aryl methyl sites for hydroxylation is 1. The van der Waals surface area contributed by atoms with Crippen molar-refractivity contribution in [1.29, 1.82) is 0 Å². The van der Waals surface area contributed by atoms with Gasteiger partial charge in [-0.15, -0.1) is 0 Å². The van der Waals surface area contributed by atoms with E-state index in [1.165, 1.54) is 11.1 Å². The normalized spacial score (nSPS) is 10.8. The number of hydrogen-bond acceptors (Lipinski definition) is 1. The second-order valence-electron chi connectivity index (χ2n) is 6.51. The van der Waals surface area contributed by atoms with Crippen LogP contribution in [-0.2, 0) is 0 Å². The summed E-state index contributed by atoms with van der Waals surface area (Å²) in [4.78, 5) is 4.96. The minimum Gasteiger partial charge on any atom is -0.248 e. The summed E-state index contributed by atoms with van der Waals surface area (Å²) in [5.41, 5.74) is 7.72. The average molecular weight is 479 g/mol. The maximum atomic E-state index is 4.96. The molecule has 3 aromatic carbocycles. The van der Waals surface area contributed by atoms with Crippen molar-refractivity contribution in [1.82, 2.24) is 4.98 Å². The lowest BCUT2D eigenvalue weighted by Crippen LogP contribution is -1.91. The quantitative estimate of drug-likeness (QED) is 0.291. The number of benzene rings is 3. The Kier molecular flexibility index (Phi) is 5.24. The minimum atomic E-state index is 0.962. The lowest BCUT2D eigenvalue weighted by atomic mass is 9.99. The highest BCUT2D eigenvalue weighted by Crippen LogP contribution is 2.32. The molecule has 0 N–H and O–H groups in total. The van der Waals surface area contributed by atoms with E-state index in [2.05, 4.69) is 99.4 Å². The number of nitrogens with zero attached hydrogens (tertiary/aromatic N) is 1. The van der Waals surface area contributed by atoms with E-state index in [9.17, 15) is 0 Å². The number of hydrogen-bond donors (Lipinski definition) is 0. The van der Waals surface area contributed by atoms with Gasteiger partial charge in [0.15, 0.2) is 0 Å². The second kappa shape index (κ2) is 7.79. The molecule has 0 aliphatic rings. The third kappa shape index (κ3) is 4.20. The summed E-state index contributed by atoms with van der Waals surface area (Å²) in [5, 5.41) is 0. The lowest BCUT2D eigenvalue weighted by molar-refractivity contribution is 1.32. The smallest absolute Gasteiger partial charge is 0.0716 e. The Morgan fingerprint density at radius 2 is 1.07 bits per heavy atom. The van der Waals surface area contributed by atoms with Gasteiger partial charge in [0, 0.05) is 20.1 Å². The van der Waals surface area contributed by atoms with Crippen LogP contribution in [0, 0.1) is 6.92 Å². The summed E-state index contributed by atoms with van der Waals surface area (Å²) in [6.07, 6.45) is 0. The first-order valence-electron chi connectivity index (χ1n) is 8.69. The molecule has 0 radical (unpaired) electrons. The molecule has 1 aromatic heterocycles. The van der Waals surface area contributed by atoms with Crippen LogP contribution in [0.5, 0.6) is 0 Å². The predicted octanol–water partition coefficient (Wildman–Crippen LogP) is 7.92. The summed E-state index contributed by atoms with van der Waals surface area (Å²) in [7, 11) is 0. The average Bonchev–Trinajstić information content (AvgIpc) is 2.68. The Bertz CT molecular complexity index is 1040. The summed E-state index contributed by atoms with van der Waals surface area (Å²) in [6, 6.07) is 29.5. The van der Waals surface area contributed by atoms with Gasteiger partial charge in [0.05, 0.1) is 11.4 Å². The van der Waals surface area contributed by atoms with Crippen LogP contribution in [0.4, 0.5) is 0 Å². The molecule has 3 heteroatoms. The second-order valence-corrected chi connectivity index (χ2v) is 8.34. The molecule has 0 bridgehead atoms. The minimum absolute atomic E-state index is 0.962. The molecule has 4 aromatic rings. The van der Waals surface area contributed by atoms with Crippen LogP contribution in [0.2, 0.25) is 0 Å². The largest absolute Gasteiger partial charge is 0.248 e. The molecule has 0 atom stereocenters. The summed E-state index contributed by atoms with van der Waals surface area (Å²) >= 11 is 7.14. The van der Waals surface area contributed by atoms with Crippen molar-refractivity contribution in [2.75, 3.05) is 0 Å². The van der Waals surface area contributed by atoms with Crippen molar-refractivity contribution >= 4 is 31.9 Å². The van der Waals surface area contributed by atoms with Crippen LogP contribution >= 0.6 is 31.9 Å². The molecule has 0 amide bonds. The topological polar surface area (TPSA) is 12.9 Å². The van der Waals surface area contributed by atoms with E-state index in [0.29, 0.717) is 0 Å². The van der Waals surface area contributed by atoms with Crippen LogP contribution < -0.4 is 0 Å². The lowest BCUT2D eigenvalue weighted by Gasteiger charge is -2.11. The van der Waals surface area contributed by atoms with Crippen molar-refractivity contribution in [2.45, 2.75) is 6.92 Å². The first-order chi connectivity index (χ1) is 13.1. The molecule has 0 aliphatic carbocycles. The molecule has 4 rings (SSSR count). The molecular weight excluding hydrogens is 462 g/mol. The molecule has 0 fully saturated rings. The zero-order valence-electron chi connectivity index (χ0n) is 14.8. The van der Waals surface area contributed by atoms with Gasteiger partial charge < -0.3 is 0 Å². The summed E-state index contributed by atoms with van der Waals surface area (Å²) in [5.74, 6) is 0. The zero-order valence-corrected chi connectivity index (χ0v) is 18.0. The molecule has 27 heavy (non-hydrogen) atoms. The zero-order chi connectivity index (χ0) is 18.8. The highest BCUT2D eigenvalue weighted by atomic mass is 79.9. The Hall–Kier alpha value is -2.23. The fraction of sp³-hybridized carbons (Fsp3) is 0.0417. The van der Waals surface area contributed by atoms with Gasteiger partial charge in [-0.1, -0.05) is 86.0 Å². The number of pyridine rings is 1. The van der Waals surface area contributed by atoms with Crippen molar-refractivity contribution in [3.63, 3.8) is 0 Å². The molecule has 0 saturated heterocycles. The maximum absolute atomic E-state index is 4.96. The third-order valence-electron chi connectivity index (χ3n) is 4.45. The van der Waals surface area contributed by atoms with Crippen molar-refractivity contribution < 1.29 is 0 Å². The van der Waals surface area contributed by atoms with Gasteiger partial charge in [-0.25, -0.2) is 4.98 Å². The standard InChI is InChI=1S/C24H17Br2N/c1-16-8-10-17(11-9-16)20-14-23(18-4-2-6-21(25)12-18)27-24(15-20)19-5-3-7-22(26)13-19/h2-15H,1H3. The highest BCUT2D eigenvalue weighted by molar-refractivity contribution is 9.10. The van der Waals surface area contributed by atoms with Gasteiger partial charge in [-0.05, 0) is 54.4 Å². The van der Waals surface area contributed by atoms with Gasteiger partial charge in [-0.2, -0.15) is 0 Å². The number of rotatable bonds is 3. The third-order valence-corrected chi connectivity index (χ3v) is 5.44. The van der Waals surface area contributed by atoms with Gasteiger partial charge in [0.1, 0.15) is 0 Å². The van der Waals surface area contributed by atoms with Crippen molar-refractivity contribution in [3.8, 4) is 33.6 Å². The predicted molar refractivity (Wildman–Crippen MR) is 121 cm³/mol. The van der Waals surface area contributed by atoms with Crippen LogP contribution in [0.3, 0.4) is 0 Å². The molecule has 0 unspecified atom stereocenters. The van der Waals surface area contributed by atoms with E-state index < -0.39 is 0 Å². The SMILES string of the molecule is Cc1ccc(-c2cc(-c3cccc(Br)c3)nc(-c3cccc(Br)c3)c2)cc1. The van der Waals surface area contributed by atoms with Crippen molar-refractivity contribution in [2.24, 2.45) is 0 Å². The van der Waals surface area contributed by atoms with Crippen LogP contribution in [0.15, 0.2) is 93.9 Å². The Morgan fingerprint density at radius 1 is 0.556 bits per heavy atom. The van der Waals surface area contributed by atoms with E-state index in [4.69, 9.17) is 4.98 Å². The first kappa shape index (κ1) is 18.1. The Labute approximate surface area is 176 Å². The molecule has 1 heterocycles. The molecule has 0 spiro atoms. The molecule has 0 saturated carbocycles. The summed E-state index contributed by atoms with van der Waals surface area (Å²) < 4.78 is 2.10. The van der Waals surface area contributed by atoms with E-state index in [1.807, 2.05) is 24.3 Å². The number of aromatic nitrogens is 1. The van der Waals surface area contributed by atoms with Gasteiger partial charge >= 0.3 is 0 Å². The molecule has 132 valence electrons. The van der Waals surface area contributed by atoms with Crippen LogP contribution in [0.25, 0.3) is 33.6 Å².